The number of aromatic nitrogens is 2. The SMILES string of the molecule is CCCc1c(NN)ncnc1N1CC(=O)NC(=O)C1. The van der Waals surface area contributed by atoms with Crippen LogP contribution in [0.25, 0.3) is 0 Å². The van der Waals surface area contributed by atoms with Crippen LogP contribution in [0.4, 0.5) is 11.6 Å². The molecule has 0 unspecified atom stereocenters. The van der Waals surface area contributed by atoms with Crippen molar-refractivity contribution in [3.8, 4) is 0 Å². The molecule has 2 amide bonds. The highest BCUT2D eigenvalue weighted by molar-refractivity contribution is 6.02. The number of rotatable bonds is 4. The topological polar surface area (TPSA) is 113 Å². The van der Waals surface area contributed by atoms with Gasteiger partial charge in [0.25, 0.3) is 0 Å². The molecule has 0 bridgehead atoms. The van der Waals surface area contributed by atoms with Gasteiger partial charge in [-0.1, -0.05) is 13.3 Å². The molecule has 1 aromatic heterocycles. The second kappa shape index (κ2) is 5.61. The number of hydrazine groups is 1. The Morgan fingerprint density at radius 3 is 2.63 bits per heavy atom. The van der Waals surface area contributed by atoms with E-state index in [-0.39, 0.29) is 24.9 Å². The van der Waals surface area contributed by atoms with Crippen LogP contribution >= 0.6 is 0 Å². The van der Waals surface area contributed by atoms with E-state index in [2.05, 4.69) is 20.7 Å². The minimum Gasteiger partial charge on any atom is -0.338 e. The van der Waals surface area contributed by atoms with E-state index < -0.39 is 0 Å². The van der Waals surface area contributed by atoms with Crippen molar-refractivity contribution in [1.29, 1.82) is 0 Å². The van der Waals surface area contributed by atoms with Gasteiger partial charge in [-0.15, -0.1) is 0 Å². The Bertz CT molecular complexity index is 488. The largest absolute Gasteiger partial charge is 0.338 e. The highest BCUT2D eigenvalue weighted by Crippen LogP contribution is 2.24. The van der Waals surface area contributed by atoms with Gasteiger partial charge in [0.1, 0.15) is 18.0 Å². The average molecular weight is 264 g/mol. The molecular weight excluding hydrogens is 248 g/mol. The monoisotopic (exact) mass is 264 g/mol. The summed E-state index contributed by atoms with van der Waals surface area (Å²) in [7, 11) is 0. The van der Waals surface area contributed by atoms with Crippen LogP contribution < -0.4 is 21.5 Å². The third-order valence-electron chi connectivity index (χ3n) is 2.81. The van der Waals surface area contributed by atoms with Gasteiger partial charge in [-0.05, 0) is 6.42 Å². The molecule has 0 aliphatic carbocycles. The third kappa shape index (κ3) is 2.79. The van der Waals surface area contributed by atoms with Crippen LogP contribution in [0.5, 0.6) is 0 Å². The van der Waals surface area contributed by atoms with Crippen LogP contribution in [0, 0.1) is 0 Å². The van der Waals surface area contributed by atoms with Gasteiger partial charge in [-0.3, -0.25) is 14.9 Å². The molecule has 1 aliphatic heterocycles. The summed E-state index contributed by atoms with van der Waals surface area (Å²) in [5.74, 6) is 5.86. The van der Waals surface area contributed by atoms with Crippen LogP contribution in [0.3, 0.4) is 0 Å². The van der Waals surface area contributed by atoms with E-state index in [1.54, 1.807) is 4.90 Å². The second-order valence-electron chi connectivity index (χ2n) is 4.25. The fraction of sp³-hybridized carbons (Fsp3) is 0.455. The summed E-state index contributed by atoms with van der Waals surface area (Å²) in [6.45, 7) is 2.22. The lowest BCUT2D eigenvalue weighted by molar-refractivity contribution is -0.130. The van der Waals surface area contributed by atoms with Crippen molar-refractivity contribution < 1.29 is 9.59 Å². The van der Waals surface area contributed by atoms with Crippen molar-refractivity contribution in [2.45, 2.75) is 19.8 Å². The Morgan fingerprint density at radius 2 is 2.05 bits per heavy atom. The third-order valence-corrected chi connectivity index (χ3v) is 2.81. The van der Waals surface area contributed by atoms with Crippen molar-refractivity contribution in [1.82, 2.24) is 15.3 Å². The van der Waals surface area contributed by atoms with Crippen molar-refractivity contribution in [3.05, 3.63) is 11.9 Å². The van der Waals surface area contributed by atoms with E-state index in [1.807, 2.05) is 6.92 Å². The fourth-order valence-corrected chi connectivity index (χ4v) is 2.07. The molecule has 0 saturated carbocycles. The molecule has 0 aromatic carbocycles. The Hall–Kier alpha value is -2.22. The number of nitrogen functional groups attached to an aromatic ring is 1. The number of piperazine rings is 1. The maximum Gasteiger partial charge on any atom is 0.246 e. The molecule has 1 aliphatic rings. The highest BCUT2D eigenvalue weighted by Gasteiger charge is 2.26. The van der Waals surface area contributed by atoms with Crippen LogP contribution in [-0.2, 0) is 16.0 Å². The zero-order valence-electron chi connectivity index (χ0n) is 10.6. The van der Waals surface area contributed by atoms with Gasteiger partial charge in [-0.25, -0.2) is 15.8 Å². The first-order valence-corrected chi connectivity index (χ1v) is 6.03. The van der Waals surface area contributed by atoms with E-state index in [0.717, 1.165) is 12.0 Å². The van der Waals surface area contributed by atoms with Gasteiger partial charge >= 0.3 is 0 Å². The van der Waals surface area contributed by atoms with Gasteiger partial charge in [0.2, 0.25) is 11.8 Å². The zero-order valence-corrected chi connectivity index (χ0v) is 10.6. The van der Waals surface area contributed by atoms with Gasteiger partial charge < -0.3 is 10.3 Å². The first kappa shape index (κ1) is 13.2. The molecule has 4 N–H and O–H groups in total. The highest BCUT2D eigenvalue weighted by atomic mass is 16.2. The van der Waals surface area contributed by atoms with Crippen LogP contribution in [0.1, 0.15) is 18.9 Å². The quantitative estimate of drug-likeness (QED) is 0.370. The lowest BCUT2D eigenvalue weighted by Gasteiger charge is -2.28. The van der Waals surface area contributed by atoms with Gasteiger partial charge in [-0.2, -0.15) is 0 Å². The van der Waals surface area contributed by atoms with Crippen LogP contribution in [0.15, 0.2) is 6.33 Å². The molecule has 2 rings (SSSR count). The number of nitrogens with one attached hydrogen (secondary N) is 2. The molecule has 1 fully saturated rings. The van der Waals surface area contributed by atoms with Crippen LogP contribution in [-0.4, -0.2) is 34.9 Å². The molecule has 1 saturated heterocycles. The van der Waals surface area contributed by atoms with E-state index in [4.69, 9.17) is 5.84 Å². The first-order chi connectivity index (χ1) is 9.15. The Morgan fingerprint density at radius 1 is 1.37 bits per heavy atom. The zero-order chi connectivity index (χ0) is 13.8. The molecule has 8 nitrogen and oxygen atoms in total. The molecule has 102 valence electrons. The number of amides is 2. The number of hydrogen-bond acceptors (Lipinski definition) is 7. The Labute approximate surface area is 110 Å². The van der Waals surface area contributed by atoms with E-state index in [9.17, 15) is 9.59 Å². The predicted octanol–water partition coefficient (Wildman–Crippen LogP) is -0.822. The summed E-state index contributed by atoms with van der Waals surface area (Å²) in [5.41, 5.74) is 3.33. The van der Waals surface area contributed by atoms with Crippen molar-refractivity contribution in [2.75, 3.05) is 23.4 Å². The Kier molecular flexibility index (Phi) is 3.91. The summed E-state index contributed by atoms with van der Waals surface area (Å²) >= 11 is 0. The average Bonchev–Trinajstić information content (AvgIpc) is 2.38. The van der Waals surface area contributed by atoms with E-state index in [1.165, 1.54) is 6.33 Å². The smallest absolute Gasteiger partial charge is 0.246 e. The standard InChI is InChI=1S/C11H16N6O2/c1-2-3-7-10(16-12)13-6-14-11(7)17-4-8(18)15-9(19)5-17/h6H,2-5,12H2,1H3,(H,13,14,16)(H,15,18,19). The number of nitrogens with two attached hydrogens (primary N) is 1. The van der Waals surface area contributed by atoms with Gasteiger partial charge in [0.15, 0.2) is 0 Å². The number of nitrogens with zero attached hydrogens (tertiary/aromatic N) is 3. The predicted molar refractivity (Wildman–Crippen MR) is 69.2 cm³/mol. The number of carbonyl (C=O) groups excluding carboxylic acids is 2. The minimum atomic E-state index is -0.334. The molecule has 0 spiro atoms. The molecule has 2 heterocycles. The fourth-order valence-electron chi connectivity index (χ4n) is 2.07. The Balaban J connectivity index is 2.37. The van der Waals surface area contributed by atoms with Crippen molar-refractivity contribution in [2.24, 2.45) is 5.84 Å². The summed E-state index contributed by atoms with van der Waals surface area (Å²) in [5, 5.41) is 2.26. The van der Waals surface area contributed by atoms with Crippen molar-refractivity contribution in [3.63, 3.8) is 0 Å². The summed E-state index contributed by atoms with van der Waals surface area (Å²) in [6.07, 6.45) is 2.95. The normalized spacial score (nSPS) is 15.4. The van der Waals surface area contributed by atoms with Crippen LogP contribution in [0.2, 0.25) is 0 Å². The number of anilines is 2. The maximum absolute atomic E-state index is 11.4. The second-order valence-corrected chi connectivity index (χ2v) is 4.25. The van der Waals surface area contributed by atoms with Gasteiger partial charge in [0.05, 0.1) is 13.1 Å². The maximum atomic E-state index is 11.4. The summed E-state index contributed by atoms with van der Waals surface area (Å²) in [6, 6.07) is 0. The van der Waals surface area contributed by atoms with Gasteiger partial charge in [0, 0.05) is 5.56 Å². The van der Waals surface area contributed by atoms with Crippen molar-refractivity contribution >= 4 is 23.5 Å². The first-order valence-electron chi connectivity index (χ1n) is 6.03. The van der Waals surface area contributed by atoms with E-state index >= 15 is 0 Å². The molecular formula is C11H16N6O2. The summed E-state index contributed by atoms with van der Waals surface area (Å²) in [4.78, 5) is 32.7. The molecule has 8 heteroatoms. The minimum absolute atomic E-state index is 0.101. The summed E-state index contributed by atoms with van der Waals surface area (Å²) < 4.78 is 0. The number of hydrogen-bond donors (Lipinski definition) is 3. The molecule has 0 radical (unpaired) electrons. The van der Waals surface area contributed by atoms with E-state index in [0.29, 0.717) is 18.1 Å². The molecule has 1 aromatic rings. The number of imide groups is 1. The molecule has 19 heavy (non-hydrogen) atoms. The lowest BCUT2D eigenvalue weighted by atomic mass is 10.1. The molecule has 0 atom stereocenters. The lowest BCUT2D eigenvalue weighted by Crippen LogP contribution is -2.52. The number of carbonyl (C=O) groups is 2.